The maximum Gasteiger partial charge on any atom is 0.255 e. The summed E-state index contributed by atoms with van der Waals surface area (Å²) in [6.07, 6.45) is 1.45. The molecule has 2 rings (SSSR count). The average molecular weight is 246 g/mol. The number of nitrogens with zero attached hydrogens (tertiary/aromatic N) is 1. The fraction of sp³-hybridized carbons (Fsp3) is 0.0769. The Hall–Kier alpha value is -2.27. The lowest BCUT2D eigenvalue weighted by molar-refractivity contribution is 0.102. The number of halogens is 1. The van der Waals surface area contributed by atoms with Crippen LogP contribution in [-0.2, 0) is 6.61 Å². The van der Waals surface area contributed by atoms with Crippen LogP contribution < -0.4 is 5.32 Å². The number of aliphatic hydroxyl groups is 1. The molecule has 18 heavy (non-hydrogen) atoms. The smallest absolute Gasteiger partial charge is 0.255 e. The van der Waals surface area contributed by atoms with Gasteiger partial charge in [-0.3, -0.25) is 9.78 Å². The Morgan fingerprint density at radius 3 is 2.67 bits per heavy atom. The third-order valence-corrected chi connectivity index (χ3v) is 2.34. The van der Waals surface area contributed by atoms with E-state index in [0.29, 0.717) is 16.9 Å². The van der Waals surface area contributed by atoms with Crippen LogP contribution in [-0.4, -0.2) is 16.0 Å². The first-order valence-electron chi connectivity index (χ1n) is 5.32. The van der Waals surface area contributed by atoms with Crippen molar-refractivity contribution in [3.63, 3.8) is 0 Å². The maximum absolute atomic E-state index is 12.7. The predicted molar refractivity (Wildman–Crippen MR) is 64.5 cm³/mol. The lowest BCUT2D eigenvalue weighted by atomic mass is 10.2. The van der Waals surface area contributed by atoms with E-state index in [-0.39, 0.29) is 18.3 Å². The van der Waals surface area contributed by atoms with E-state index in [4.69, 9.17) is 5.11 Å². The monoisotopic (exact) mass is 246 g/mol. The van der Waals surface area contributed by atoms with Crippen LogP contribution in [0.25, 0.3) is 0 Å². The van der Waals surface area contributed by atoms with Crippen LogP contribution in [0, 0.1) is 5.82 Å². The minimum Gasteiger partial charge on any atom is -0.390 e. The topological polar surface area (TPSA) is 62.2 Å². The fourth-order valence-electron chi connectivity index (χ4n) is 1.44. The number of hydrogen-bond acceptors (Lipinski definition) is 3. The van der Waals surface area contributed by atoms with Crippen LogP contribution in [0.15, 0.2) is 42.6 Å². The summed E-state index contributed by atoms with van der Waals surface area (Å²) in [5, 5.41) is 11.5. The molecule has 2 aromatic rings. The van der Waals surface area contributed by atoms with Crippen molar-refractivity contribution in [2.75, 3.05) is 5.32 Å². The molecular weight excluding hydrogens is 235 g/mol. The lowest BCUT2D eigenvalue weighted by Gasteiger charge is -2.05. The molecule has 1 aromatic carbocycles. The minimum atomic E-state index is -0.362. The van der Waals surface area contributed by atoms with Gasteiger partial charge in [-0.2, -0.15) is 0 Å². The van der Waals surface area contributed by atoms with Crippen LogP contribution in [0.5, 0.6) is 0 Å². The number of hydrogen-bond donors (Lipinski definition) is 2. The number of aromatic nitrogens is 1. The van der Waals surface area contributed by atoms with Gasteiger partial charge in [0.25, 0.3) is 5.91 Å². The third kappa shape index (κ3) is 2.89. The Balaban J connectivity index is 2.14. The molecule has 2 N–H and O–H groups in total. The van der Waals surface area contributed by atoms with E-state index in [2.05, 4.69) is 10.3 Å². The van der Waals surface area contributed by atoms with Gasteiger partial charge in [-0.25, -0.2) is 4.39 Å². The van der Waals surface area contributed by atoms with Gasteiger partial charge in [0.1, 0.15) is 5.82 Å². The molecule has 0 aliphatic rings. The van der Waals surface area contributed by atoms with E-state index in [9.17, 15) is 9.18 Å². The first-order valence-corrected chi connectivity index (χ1v) is 5.32. The highest BCUT2D eigenvalue weighted by molar-refractivity contribution is 6.04. The molecule has 0 spiro atoms. The highest BCUT2D eigenvalue weighted by Gasteiger charge is 2.07. The maximum atomic E-state index is 12.7. The van der Waals surface area contributed by atoms with Crippen molar-refractivity contribution in [1.82, 2.24) is 4.98 Å². The van der Waals surface area contributed by atoms with Crippen molar-refractivity contribution in [3.05, 3.63) is 59.7 Å². The number of amides is 1. The van der Waals surface area contributed by atoms with Crippen molar-refractivity contribution in [3.8, 4) is 0 Å². The molecule has 1 aromatic heterocycles. The van der Waals surface area contributed by atoms with Crippen LogP contribution in [0.2, 0.25) is 0 Å². The van der Waals surface area contributed by atoms with Crippen molar-refractivity contribution in [2.24, 2.45) is 0 Å². The zero-order chi connectivity index (χ0) is 13.0. The van der Waals surface area contributed by atoms with Gasteiger partial charge in [-0.1, -0.05) is 0 Å². The molecule has 1 heterocycles. The number of carbonyl (C=O) groups is 1. The second-order valence-electron chi connectivity index (χ2n) is 3.65. The second-order valence-corrected chi connectivity index (χ2v) is 3.65. The van der Waals surface area contributed by atoms with Crippen LogP contribution in [0.1, 0.15) is 16.1 Å². The normalized spacial score (nSPS) is 10.1. The molecule has 5 heteroatoms. The Bertz CT molecular complexity index is 555. The lowest BCUT2D eigenvalue weighted by Crippen LogP contribution is -2.12. The quantitative estimate of drug-likeness (QED) is 0.870. The van der Waals surface area contributed by atoms with E-state index in [1.54, 1.807) is 0 Å². The summed E-state index contributed by atoms with van der Waals surface area (Å²) in [6.45, 7) is -0.225. The number of aliphatic hydroxyl groups excluding tert-OH is 1. The Labute approximate surface area is 103 Å². The molecule has 0 radical (unpaired) electrons. The molecule has 1 amide bonds. The molecule has 4 nitrogen and oxygen atoms in total. The molecule has 0 saturated heterocycles. The highest BCUT2D eigenvalue weighted by atomic mass is 19.1. The average Bonchev–Trinajstić information content (AvgIpc) is 2.41. The van der Waals surface area contributed by atoms with E-state index in [0.717, 1.165) is 0 Å². The van der Waals surface area contributed by atoms with Gasteiger partial charge >= 0.3 is 0 Å². The third-order valence-electron chi connectivity index (χ3n) is 2.34. The van der Waals surface area contributed by atoms with Crippen molar-refractivity contribution < 1.29 is 14.3 Å². The molecule has 0 unspecified atom stereocenters. The molecule has 92 valence electrons. The van der Waals surface area contributed by atoms with Gasteiger partial charge in [0.2, 0.25) is 0 Å². The van der Waals surface area contributed by atoms with Gasteiger partial charge < -0.3 is 10.4 Å². The molecule has 0 aliphatic heterocycles. The summed E-state index contributed by atoms with van der Waals surface area (Å²) in [5.41, 5.74) is 1.31. The summed E-state index contributed by atoms with van der Waals surface area (Å²) in [7, 11) is 0. The standard InChI is InChI=1S/C13H11FN2O2/c14-10-1-3-11(4-2-10)16-13(18)9-5-6-15-12(7-9)8-17/h1-7,17H,8H2,(H,16,18). The summed E-state index contributed by atoms with van der Waals surface area (Å²) in [5.74, 6) is -0.696. The van der Waals surface area contributed by atoms with Crippen LogP contribution in [0.4, 0.5) is 10.1 Å². The van der Waals surface area contributed by atoms with Crippen molar-refractivity contribution >= 4 is 11.6 Å². The predicted octanol–water partition coefficient (Wildman–Crippen LogP) is 1.97. The second kappa shape index (κ2) is 5.37. The molecular formula is C13H11FN2O2. The van der Waals surface area contributed by atoms with Gasteiger partial charge in [-0.15, -0.1) is 0 Å². The van der Waals surface area contributed by atoms with Gasteiger partial charge in [0, 0.05) is 17.4 Å². The fourth-order valence-corrected chi connectivity index (χ4v) is 1.44. The number of anilines is 1. The summed E-state index contributed by atoms with van der Waals surface area (Å²) in [4.78, 5) is 15.7. The summed E-state index contributed by atoms with van der Waals surface area (Å²) >= 11 is 0. The number of pyridine rings is 1. The zero-order valence-corrected chi connectivity index (χ0v) is 9.43. The Morgan fingerprint density at radius 1 is 1.28 bits per heavy atom. The number of benzene rings is 1. The van der Waals surface area contributed by atoms with E-state index in [1.807, 2.05) is 0 Å². The molecule has 0 atom stereocenters. The van der Waals surface area contributed by atoms with E-state index in [1.165, 1.54) is 42.6 Å². The molecule has 0 saturated carbocycles. The highest BCUT2D eigenvalue weighted by Crippen LogP contribution is 2.11. The van der Waals surface area contributed by atoms with Crippen molar-refractivity contribution in [1.29, 1.82) is 0 Å². The molecule has 0 bridgehead atoms. The number of carbonyl (C=O) groups excluding carboxylic acids is 1. The molecule has 0 fully saturated rings. The zero-order valence-electron chi connectivity index (χ0n) is 9.43. The Morgan fingerprint density at radius 2 is 2.00 bits per heavy atom. The van der Waals surface area contributed by atoms with Crippen molar-refractivity contribution in [2.45, 2.75) is 6.61 Å². The number of nitrogens with one attached hydrogen (secondary N) is 1. The van der Waals surface area contributed by atoms with Crippen LogP contribution in [0.3, 0.4) is 0 Å². The van der Waals surface area contributed by atoms with Gasteiger partial charge in [0.05, 0.1) is 12.3 Å². The largest absolute Gasteiger partial charge is 0.390 e. The minimum absolute atomic E-state index is 0.225. The molecule has 0 aliphatic carbocycles. The van der Waals surface area contributed by atoms with Gasteiger partial charge in [-0.05, 0) is 36.4 Å². The Kier molecular flexibility index (Phi) is 3.64. The SMILES string of the molecule is O=C(Nc1ccc(F)cc1)c1ccnc(CO)c1. The summed E-state index contributed by atoms with van der Waals surface area (Å²) < 4.78 is 12.7. The van der Waals surface area contributed by atoms with Crippen LogP contribution >= 0.6 is 0 Å². The number of rotatable bonds is 3. The first-order chi connectivity index (χ1) is 8.69. The first kappa shape index (κ1) is 12.2. The van der Waals surface area contributed by atoms with E-state index >= 15 is 0 Å². The van der Waals surface area contributed by atoms with E-state index < -0.39 is 0 Å². The summed E-state index contributed by atoms with van der Waals surface area (Å²) in [6, 6.07) is 8.52. The van der Waals surface area contributed by atoms with Gasteiger partial charge in [0.15, 0.2) is 0 Å².